The van der Waals surface area contributed by atoms with Crippen LogP contribution < -0.4 is 4.74 Å². The number of ether oxygens (including phenoxy) is 1. The fourth-order valence-corrected chi connectivity index (χ4v) is 3.97. The first-order valence-corrected chi connectivity index (χ1v) is 11.4. The zero-order chi connectivity index (χ0) is 25.9. The van der Waals surface area contributed by atoms with Crippen LogP contribution in [0.15, 0.2) is 48.0 Å². The van der Waals surface area contributed by atoms with E-state index >= 15 is 0 Å². The highest BCUT2D eigenvalue weighted by Gasteiger charge is 2.46. The Labute approximate surface area is 204 Å². The lowest BCUT2D eigenvalue weighted by Gasteiger charge is -2.26. The van der Waals surface area contributed by atoms with Crippen LogP contribution in [0.4, 0.5) is 5.69 Å². The van der Waals surface area contributed by atoms with Crippen LogP contribution in [-0.4, -0.2) is 65.3 Å². The number of ketones is 1. The van der Waals surface area contributed by atoms with Crippen LogP contribution in [0.5, 0.6) is 5.75 Å². The maximum absolute atomic E-state index is 13.2. The first kappa shape index (κ1) is 25.9. The van der Waals surface area contributed by atoms with E-state index in [-0.39, 0.29) is 23.6 Å². The molecular formula is C26H31N3O6. The molecule has 2 aromatic carbocycles. The average Bonchev–Trinajstić information content (AvgIpc) is 3.06. The van der Waals surface area contributed by atoms with Crippen molar-refractivity contribution in [2.45, 2.75) is 26.8 Å². The second-order valence-electron chi connectivity index (χ2n) is 9.33. The lowest BCUT2D eigenvalue weighted by Crippen LogP contribution is -2.35. The summed E-state index contributed by atoms with van der Waals surface area (Å²) in [4.78, 5) is 40.2. The third-order valence-electron chi connectivity index (χ3n) is 5.76. The van der Waals surface area contributed by atoms with Crippen LogP contribution in [0.25, 0.3) is 5.76 Å². The second kappa shape index (κ2) is 10.7. The Balaban J connectivity index is 2.12. The Morgan fingerprint density at radius 1 is 1.20 bits per heavy atom. The molecule has 35 heavy (non-hydrogen) atoms. The van der Waals surface area contributed by atoms with Gasteiger partial charge in [0.25, 0.3) is 17.4 Å². The van der Waals surface area contributed by atoms with Gasteiger partial charge in [-0.05, 0) is 56.3 Å². The molecule has 9 heteroatoms. The fraction of sp³-hybridized carbons (Fsp3) is 0.385. The first-order chi connectivity index (χ1) is 16.5. The normalized spacial score (nSPS) is 17.5. The number of nitrogens with zero attached hydrogens (tertiary/aromatic N) is 3. The number of aryl methyl sites for hydroxylation is 1. The van der Waals surface area contributed by atoms with Gasteiger partial charge in [-0.3, -0.25) is 19.7 Å². The van der Waals surface area contributed by atoms with E-state index < -0.39 is 22.7 Å². The molecule has 1 amide bonds. The van der Waals surface area contributed by atoms with E-state index in [1.54, 1.807) is 31.2 Å². The largest absolute Gasteiger partial charge is 0.507 e. The molecule has 1 saturated heterocycles. The van der Waals surface area contributed by atoms with E-state index in [9.17, 15) is 24.8 Å². The van der Waals surface area contributed by atoms with E-state index in [0.717, 1.165) is 0 Å². The zero-order valence-electron chi connectivity index (χ0n) is 20.6. The molecule has 0 saturated carbocycles. The quantitative estimate of drug-likeness (QED) is 0.190. The SMILES string of the molecule is Cc1cc(OCC(C)C)ccc1/C(O)=C1\C(=O)C(=O)N(CCN(C)C)C1c1cccc([N+](=O)[O-])c1. The highest BCUT2D eigenvalue weighted by molar-refractivity contribution is 6.46. The number of carbonyl (C=O) groups is 2. The molecule has 1 N–H and O–H groups in total. The molecule has 0 radical (unpaired) electrons. The Morgan fingerprint density at radius 2 is 1.91 bits per heavy atom. The predicted molar refractivity (Wildman–Crippen MR) is 132 cm³/mol. The molecule has 1 fully saturated rings. The van der Waals surface area contributed by atoms with Gasteiger partial charge in [0.15, 0.2) is 0 Å². The molecule has 1 heterocycles. The van der Waals surface area contributed by atoms with Crippen LogP contribution >= 0.6 is 0 Å². The molecule has 0 aliphatic carbocycles. The number of hydrogen-bond donors (Lipinski definition) is 1. The third kappa shape index (κ3) is 5.68. The van der Waals surface area contributed by atoms with Crippen LogP contribution in [0.2, 0.25) is 0 Å². The molecule has 1 unspecified atom stereocenters. The lowest BCUT2D eigenvalue weighted by molar-refractivity contribution is -0.384. The Bertz CT molecular complexity index is 1170. The van der Waals surface area contributed by atoms with E-state index in [4.69, 9.17) is 4.74 Å². The average molecular weight is 482 g/mol. The minimum absolute atomic E-state index is 0.0896. The Kier molecular flexibility index (Phi) is 7.91. The number of carbonyl (C=O) groups excluding carboxylic acids is 2. The van der Waals surface area contributed by atoms with E-state index in [1.807, 2.05) is 32.8 Å². The van der Waals surface area contributed by atoms with Crippen molar-refractivity contribution in [2.24, 2.45) is 5.92 Å². The highest BCUT2D eigenvalue weighted by atomic mass is 16.6. The van der Waals surface area contributed by atoms with Crippen LogP contribution in [0, 0.1) is 23.0 Å². The van der Waals surface area contributed by atoms with Gasteiger partial charge in [0.1, 0.15) is 11.5 Å². The number of non-ortho nitro benzene ring substituents is 1. The molecule has 9 nitrogen and oxygen atoms in total. The minimum atomic E-state index is -0.953. The van der Waals surface area contributed by atoms with Crippen molar-refractivity contribution in [1.29, 1.82) is 0 Å². The summed E-state index contributed by atoms with van der Waals surface area (Å²) in [6.07, 6.45) is 0. The summed E-state index contributed by atoms with van der Waals surface area (Å²) in [5, 5.41) is 22.7. The molecule has 1 aliphatic heterocycles. The van der Waals surface area contributed by atoms with Gasteiger partial charge in [-0.25, -0.2) is 0 Å². The summed E-state index contributed by atoms with van der Waals surface area (Å²) in [6.45, 7) is 7.07. The minimum Gasteiger partial charge on any atom is -0.507 e. The summed E-state index contributed by atoms with van der Waals surface area (Å²) in [7, 11) is 3.68. The van der Waals surface area contributed by atoms with Crippen molar-refractivity contribution in [1.82, 2.24) is 9.80 Å². The zero-order valence-corrected chi connectivity index (χ0v) is 20.6. The number of likely N-dealkylation sites (tertiary alicyclic amines) is 1. The molecule has 0 spiro atoms. The number of aliphatic hydroxyl groups excluding tert-OH is 1. The van der Waals surface area contributed by atoms with Gasteiger partial charge in [0.2, 0.25) is 0 Å². The molecule has 2 aromatic rings. The first-order valence-electron chi connectivity index (χ1n) is 11.4. The van der Waals surface area contributed by atoms with E-state index in [0.29, 0.717) is 41.5 Å². The number of likely N-dealkylation sites (N-methyl/N-ethyl adjacent to an activating group) is 1. The van der Waals surface area contributed by atoms with Crippen molar-refractivity contribution in [3.8, 4) is 5.75 Å². The summed E-state index contributed by atoms with van der Waals surface area (Å²) >= 11 is 0. The lowest BCUT2D eigenvalue weighted by atomic mass is 9.93. The molecular weight excluding hydrogens is 450 g/mol. The predicted octanol–water partition coefficient (Wildman–Crippen LogP) is 3.92. The fourth-order valence-electron chi connectivity index (χ4n) is 3.97. The maximum Gasteiger partial charge on any atom is 0.295 e. The molecule has 1 atom stereocenters. The van der Waals surface area contributed by atoms with Crippen LogP contribution in [-0.2, 0) is 9.59 Å². The molecule has 1 aliphatic rings. The van der Waals surface area contributed by atoms with Gasteiger partial charge in [-0.1, -0.05) is 26.0 Å². The topological polar surface area (TPSA) is 113 Å². The number of hydrogen-bond acceptors (Lipinski definition) is 7. The van der Waals surface area contributed by atoms with Gasteiger partial charge in [0, 0.05) is 30.8 Å². The van der Waals surface area contributed by atoms with Gasteiger partial charge < -0.3 is 19.6 Å². The molecule has 186 valence electrons. The van der Waals surface area contributed by atoms with Crippen molar-refractivity contribution in [3.63, 3.8) is 0 Å². The molecule has 0 bridgehead atoms. The molecule has 0 aromatic heterocycles. The van der Waals surface area contributed by atoms with Crippen LogP contribution in [0.1, 0.15) is 36.6 Å². The maximum atomic E-state index is 13.2. The number of amides is 1. The number of nitro benzene ring substituents is 1. The third-order valence-corrected chi connectivity index (χ3v) is 5.76. The monoisotopic (exact) mass is 481 g/mol. The van der Waals surface area contributed by atoms with Gasteiger partial charge in [-0.15, -0.1) is 0 Å². The smallest absolute Gasteiger partial charge is 0.295 e. The van der Waals surface area contributed by atoms with E-state index in [1.165, 1.54) is 23.1 Å². The van der Waals surface area contributed by atoms with Crippen molar-refractivity contribution in [3.05, 3.63) is 74.8 Å². The van der Waals surface area contributed by atoms with Gasteiger partial charge >= 0.3 is 0 Å². The summed E-state index contributed by atoms with van der Waals surface area (Å²) in [5.41, 5.74) is 1.19. The van der Waals surface area contributed by atoms with Crippen molar-refractivity contribution >= 4 is 23.1 Å². The van der Waals surface area contributed by atoms with Crippen molar-refractivity contribution in [2.75, 3.05) is 33.8 Å². The number of aliphatic hydroxyl groups is 1. The number of benzene rings is 2. The summed E-state index contributed by atoms with van der Waals surface area (Å²) < 4.78 is 5.75. The highest BCUT2D eigenvalue weighted by Crippen LogP contribution is 2.40. The van der Waals surface area contributed by atoms with E-state index in [2.05, 4.69) is 0 Å². The Morgan fingerprint density at radius 3 is 2.51 bits per heavy atom. The number of Topliss-reactive ketones (excluding diaryl/α,β-unsaturated/α-hetero) is 1. The number of rotatable bonds is 9. The van der Waals surface area contributed by atoms with Gasteiger partial charge in [-0.2, -0.15) is 0 Å². The Hall–Kier alpha value is -3.72. The molecule has 3 rings (SSSR count). The summed E-state index contributed by atoms with van der Waals surface area (Å²) in [6, 6.07) is 9.97. The standard InChI is InChI=1S/C26H31N3O6/c1-16(2)15-35-20-9-10-21(17(3)13-20)24(30)22-23(18-7-6-8-19(14-18)29(33)34)28(12-11-27(4)5)26(32)25(22)31/h6-10,13-14,16,23,30H,11-12,15H2,1-5H3/b24-22+. The summed E-state index contributed by atoms with van der Waals surface area (Å²) in [5.74, 6) is -0.914. The van der Waals surface area contributed by atoms with Crippen molar-refractivity contribution < 1.29 is 24.4 Å². The second-order valence-corrected chi connectivity index (χ2v) is 9.33. The number of nitro groups is 1. The van der Waals surface area contributed by atoms with Gasteiger partial charge in [0.05, 0.1) is 23.1 Å². The van der Waals surface area contributed by atoms with Crippen LogP contribution in [0.3, 0.4) is 0 Å².